The molecule has 0 saturated carbocycles. The number of nitro groups is 1. The molecular weight excluding hydrogens is 805 g/mol. The number of carbonyl (C=O) groups is 2. The maximum atomic E-state index is 15.3. The molecule has 15 nitrogen and oxygen atoms in total. The van der Waals surface area contributed by atoms with Crippen LogP contribution in [0.25, 0.3) is 0 Å². The van der Waals surface area contributed by atoms with Crippen molar-refractivity contribution in [2.75, 3.05) is 41.1 Å². The van der Waals surface area contributed by atoms with Crippen LogP contribution in [0.5, 0.6) is 0 Å². The Hall–Kier alpha value is -5.78. The van der Waals surface area contributed by atoms with Crippen molar-refractivity contribution in [3.05, 3.63) is 142 Å². The molecule has 1 unspecified atom stereocenters. The molecule has 62 heavy (non-hydrogen) atoms. The summed E-state index contributed by atoms with van der Waals surface area (Å²) in [4.78, 5) is 59.1. The van der Waals surface area contributed by atoms with Gasteiger partial charge in [-0.05, 0) is 86.9 Å². The number of aliphatic hydroxyl groups excluding tert-OH is 1. The first-order valence-corrected chi connectivity index (χ1v) is 24.4. The lowest BCUT2D eigenvalue weighted by Crippen LogP contribution is -2.55. The van der Waals surface area contributed by atoms with Gasteiger partial charge in [0.25, 0.3) is 17.5 Å². The number of nitrogens with one attached hydrogen (secondary N) is 1. The van der Waals surface area contributed by atoms with E-state index < -0.39 is 41.9 Å². The first kappa shape index (κ1) is 41.6. The number of aryl methyl sites for hydroxylation is 1. The predicted octanol–water partition coefficient (Wildman–Crippen LogP) is 5.68. The van der Waals surface area contributed by atoms with Crippen LogP contribution >= 0.6 is 0 Å². The van der Waals surface area contributed by atoms with Gasteiger partial charge in [-0.15, -0.1) is 5.10 Å². The molecule has 3 fully saturated rings. The van der Waals surface area contributed by atoms with Crippen molar-refractivity contribution in [1.29, 1.82) is 0 Å². The molecule has 5 heterocycles. The Balaban J connectivity index is 1.01. The third-order valence-corrected chi connectivity index (χ3v) is 16.1. The van der Waals surface area contributed by atoms with E-state index in [0.29, 0.717) is 49.4 Å². The number of aromatic nitrogens is 3. The van der Waals surface area contributed by atoms with Crippen LogP contribution in [0.2, 0.25) is 18.6 Å². The normalized spacial score (nSPS) is 23.8. The van der Waals surface area contributed by atoms with Crippen LogP contribution in [0, 0.1) is 16.0 Å². The monoisotopic (exact) mass is 856 g/mol. The highest BCUT2D eigenvalue weighted by molar-refractivity contribution is 6.71. The number of nitrogens with zero attached hydrogens (tertiary/aromatic N) is 7. The van der Waals surface area contributed by atoms with Crippen LogP contribution in [-0.2, 0) is 33.0 Å². The molecule has 322 valence electrons. The average Bonchev–Trinajstić information content (AvgIpc) is 4.00. The molecule has 4 aromatic carbocycles. The molecule has 4 aliphatic rings. The van der Waals surface area contributed by atoms with Crippen molar-refractivity contribution < 1.29 is 29.2 Å². The third-order valence-electron chi connectivity index (χ3n) is 13.6. The number of hydrogen-bond donors (Lipinski definition) is 3. The maximum absolute atomic E-state index is 15.3. The minimum absolute atomic E-state index is 0.0430. The number of piperidine rings is 1. The molecule has 16 heteroatoms. The van der Waals surface area contributed by atoms with Crippen molar-refractivity contribution in [3.8, 4) is 0 Å². The Kier molecular flexibility index (Phi) is 10.8. The zero-order valence-electron chi connectivity index (χ0n) is 35.1. The topological polar surface area (TPSA) is 179 Å². The number of ether oxygens (including phenoxy) is 1. The molecule has 3 saturated heterocycles. The van der Waals surface area contributed by atoms with E-state index in [0.717, 1.165) is 35.6 Å². The molecule has 5 atom stereocenters. The number of aliphatic hydroxyl groups is 1. The summed E-state index contributed by atoms with van der Waals surface area (Å²) in [6.07, 6.45) is 2.94. The van der Waals surface area contributed by atoms with Crippen LogP contribution in [0.1, 0.15) is 54.5 Å². The number of para-hydroxylation sites is 1. The second kappa shape index (κ2) is 16.2. The number of nitro benzene ring substituents is 1. The second-order valence-corrected chi connectivity index (χ2v) is 21.6. The van der Waals surface area contributed by atoms with Crippen molar-refractivity contribution in [2.24, 2.45) is 5.92 Å². The van der Waals surface area contributed by atoms with Crippen molar-refractivity contribution in [1.82, 2.24) is 20.3 Å². The van der Waals surface area contributed by atoms with E-state index in [1.807, 2.05) is 110 Å². The number of hydrogen-bond acceptors (Lipinski definition) is 11. The number of fused-ring (bicyclic) bond motifs is 2. The van der Waals surface area contributed by atoms with Crippen LogP contribution in [0.4, 0.5) is 22.7 Å². The Morgan fingerprint density at radius 1 is 0.952 bits per heavy atom. The van der Waals surface area contributed by atoms with Gasteiger partial charge in [-0.3, -0.25) is 29.3 Å². The summed E-state index contributed by atoms with van der Waals surface area (Å²) in [5, 5.41) is 34.6. The molecular formula is C46H52N8O7Si. The van der Waals surface area contributed by atoms with E-state index >= 15 is 4.79 Å². The van der Waals surface area contributed by atoms with Gasteiger partial charge in [-0.2, -0.15) is 0 Å². The summed E-state index contributed by atoms with van der Waals surface area (Å²) in [6.45, 7) is 7.78. The van der Waals surface area contributed by atoms with Crippen molar-refractivity contribution in [3.63, 3.8) is 0 Å². The quantitative estimate of drug-likeness (QED) is 0.0799. The number of carbonyl (C=O) groups excluding carboxylic acids is 2. The van der Waals surface area contributed by atoms with Gasteiger partial charge in [0, 0.05) is 53.3 Å². The number of benzene rings is 4. The molecule has 2 amide bonds. The third kappa shape index (κ3) is 6.99. The summed E-state index contributed by atoms with van der Waals surface area (Å²) < 4.78 is 8.69. The van der Waals surface area contributed by atoms with E-state index in [9.17, 15) is 24.8 Å². The Labute approximate surface area is 361 Å². The maximum Gasteiger partial charge on any atom is 0.269 e. The summed E-state index contributed by atoms with van der Waals surface area (Å²) in [5.74, 6) is -1.20. The lowest BCUT2D eigenvalue weighted by atomic mass is 9.82. The summed E-state index contributed by atoms with van der Waals surface area (Å²) in [5.41, 5.74) is 2.06. The highest BCUT2D eigenvalue weighted by atomic mass is 28.4. The highest BCUT2D eigenvalue weighted by Gasteiger charge is 2.66. The molecule has 4 aliphatic heterocycles. The lowest BCUT2D eigenvalue weighted by Gasteiger charge is -2.39. The Morgan fingerprint density at radius 3 is 2.35 bits per heavy atom. The van der Waals surface area contributed by atoms with E-state index in [-0.39, 0.29) is 36.6 Å². The van der Waals surface area contributed by atoms with E-state index in [2.05, 4.69) is 20.5 Å². The fourth-order valence-corrected chi connectivity index (χ4v) is 13.3. The standard InChI is InChI=1S/C46H52N8O7Si/c1-31-42(62(2,3)60)41(19-24-50-28-39(48-49-50)37(29-55)33-12-6-4-7-13-33)61-46(31)38-26-36(54(58)59)17-18-40(38)51(44(46)57)27-32-11-10-16-35(25-32)52-30-53(34-14-8-5-9-15-34)45(43(52)56)20-22-47-23-21-45/h4-18,25-26,28,31,37,41-42,47,55,60H,19-24,27,29-30H2,1-3H3/t31-,37?,41+,42-,46+/m0/s1. The largest absolute Gasteiger partial charge is 0.432 e. The molecule has 2 spiro atoms. The van der Waals surface area contributed by atoms with Crippen LogP contribution in [0.3, 0.4) is 0 Å². The van der Waals surface area contributed by atoms with Gasteiger partial charge in [-0.1, -0.05) is 72.8 Å². The number of non-ortho nitro benzene ring substituents is 1. The number of amides is 2. The molecule has 0 aliphatic carbocycles. The smallest absolute Gasteiger partial charge is 0.269 e. The van der Waals surface area contributed by atoms with Crippen molar-refractivity contribution in [2.45, 2.75) is 81.1 Å². The molecule has 5 aromatic rings. The zero-order chi connectivity index (χ0) is 43.4. The van der Waals surface area contributed by atoms with Crippen molar-refractivity contribution >= 4 is 42.9 Å². The van der Waals surface area contributed by atoms with Gasteiger partial charge in [0.05, 0.1) is 48.1 Å². The van der Waals surface area contributed by atoms with Gasteiger partial charge < -0.3 is 29.8 Å². The lowest BCUT2D eigenvalue weighted by molar-refractivity contribution is -0.385. The van der Waals surface area contributed by atoms with Crippen LogP contribution < -0.4 is 20.0 Å². The summed E-state index contributed by atoms with van der Waals surface area (Å²) >= 11 is 0. The number of rotatable bonds is 12. The van der Waals surface area contributed by atoms with Crippen LogP contribution in [-0.4, -0.2) is 88.0 Å². The predicted molar refractivity (Wildman–Crippen MR) is 236 cm³/mol. The first-order valence-electron chi connectivity index (χ1n) is 21.4. The van der Waals surface area contributed by atoms with E-state index in [1.165, 1.54) is 12.1 Å². The fourth-order valence-electron chi connectivity index (χ4n) is 10.7. The summed E-state index contributed by atoms with van der Waals surface area (Å²) in [7, 11) is -3.06. The SMILES string of the molecule is C[C@H]1[C@H]([Si](C)(C)O)[C@@H](CCn2cc(C(CO)c3ccccc3)nn2)O[C@]12C(=O)N(Cc1cccc(N3CN(c4ccccc4)C4(CCNCC4)C3=O)c1)c1ccc([N+](=O)[O-])cc12. The molecule has 0 bridgehead atoms. The zero-order valence-corrected chi connectivity index (χ0v) is 36.1. The molecule has 9 rings (SSSR count). The highest BCUT2D eigenvalue weighted by Crippen LogP contribution is 2.60. The molecule has 3 N–H and O–H groups in total. The van der Waals surface area contributed by atoms with E-state index in [4.69, 9.17) is 4.74 Å². The minimum atomic E-state index is -3.06. The summed E-state index contributed by atoms with van der Waals surface area (Å²) in [6, 6.07) is 31.8. The Bertz CT molecular complexity index is 2480. The Morgan fingerprint density at radius 2 is 1.66 bits per heavy atom. The van der Waals surface area contributed by atoms with E-state index in [1.54, 1.807) is 21.8 Å². The van der Waals surface area contributed by atoms with Crippen LogP contribution in [0.15, 0.2) is 109 Å². The fraction of sp³-hybridized carbons (Fsp3) is 0.391. The molecule has 1 aromatic heterocycles. The van der Waals surface area contributed by atoms with Gasteiger partial charge in [0.2, 0.25) is 0 Å². The average molecular weight is 857 g/mol. The number of anilines is 3. The van der Waals surface area contributed by atoms with Gasteiger partial charge >= 0.3 is 0 Å². The molecule has 0 radical (unpaired) electrons. The second-order valence-electron chi connectivity index (χ2n) is 17.6. The van der Waals surface area contributed by atoms with Gasteiger partial charge in [0.15, 0.2) is 13.9 Å². The van der Waals surface area contributed by atoms with Gasteiger partial charge in [0.1, 0.15) is 5.54 Å². The first-order chi connectivity index (χ1) is 29.9. The minimum Gasteiger partial charge on any atom is -0.432 e. The van der Waals surface area contributed by atoms with Gasteiger partial charge in [-0.25, -0.2) is 0 Å².